The van der Waals surface area contributed by atoms with E-state index in [2.05, 4.69) is 32.4 Å². The molecule has 2 atom stereocenters. The Morgan fingerprint density at radius 1 is 1.00 bits per heavy atom. The average molecular weight is 442 g/mol. The van der Waals surface area contributed by atoms with Gasteiger partial charge in [0.05, 0.1) is 23.1 Å². The summed E-state index contributed by atoms with van der Waals surface area (Å²) in [6, 6.07) is 16.2. The number of aryl methyl sites for hydroxylation is 2. The molecule has 5 rings (SSSR count). The lowest BCUT2D eigenvalue weighted by molar-refractivity contribution is 0.189. The zero-order valence-electron chi connectivity index (χ0n) is 18.4. The molecule has 2 unspecified atom stereocenters. The summed E-state index contributed by atoms with van der Waals surface area (Å²) in [4.78, 5) is 13.2. The fraction of sp³-hybridized carbons (Fsp3) is 0.192. The lowest BCUT2D eigenvalue weighted by atomic mass is 9.77. The smallest absolute Gasteiger partial charge is 0.228 e. The Balaban J connectivity index is 1.77. The van der Waals surface area contributed by atoms with Gasteiger partial charge in [0.1, 0.15) is 11.9 Å². The normalized spacial score (nSPS) is 19.3. The average Bonchev–Trinajstić information content (AvgIpc) is 3.15. The first-order valence-corrected chi connectivity index (χ1v) is 10.7. The van der Waals surface area contributed by atoms with E-state index in [-0.39, 0.29) is 0 Å². The SMILES string of the molecule is Cc1cc(C2(c3cccc(-c4cnccn4)c3)NC(N)c3ncccc32)cc(C)c1OCF. The van der Waals surface area contributed by atoms with Crippen LogP contribution in [0.4, 0.5) is 4.39 Å². The van der Waals surface area contributed by atoms with Gasteiger partial charge >= 0.3 is 0 Å². The number of rotatable bonds is 5. The summed E-state index contributed by atoms with van der Waals surface area (Å²) in [6.45, 7) is 2.97. The van der Waals surface area contributed by atoms with Crippen molar-refractivity contribution in [3.8, 4) is 17.0 Å². The van der Waals surface area contributed by atoms with Gasteiger partial charge in [-0.2, -0.15) is 0 Å². The number of benzene rings is 2. The van der Waals surface area contributed by atoms with E-state index in [9.17, 15) is 4.39 Å². The number of hydrogen-bond acceptors (Lipinski definition) is 6. The van der Waals surface area contributed by atoms with E-state index in [0.29, 0.717) is 5.75 Å². The van der Waals surface area contributed by atoms with Crippen molar-refractivity contribution < 1.29 is 9.13 Å². The van der Waals surface area contributed by atoms with Crippen molar-refractivity contribution in [2.75, 3.05) is 6.86 Å². The van der Waals surface area contributed by atoms with Crippen LogP contribution in [0.15, 0.2) is 73.3 Å². The van der Waals surface area contributed by atoms with E-state index in [1.807, 2.05) is 50.2 Å². The third-order valence-electron chi connectivity index (χ3n) is 6.16. The molecule has 0 spiro atoms. The maximum atomic E-state index is 13.0. The van der Waals surface area contributed by atoms with Crippen molar-refractivity contribution in [2.45, 2.75) is 25.6 Å². The monoisotopic (exact) mass is 441 g/mol. The van der Waals surface area contributed by atoms with Crippen LogP contribution in [0.3, 0.4) is 0 Å². The molecule has 0 radical (unpaired) electrons. The number of halogens is 1. The summed E-state index contributed by atoms with van der Waals surface area (Å²) in [6.07, 6.45) is 6.37. The lowest BCUT2D eigenvalue weighted by Crippen LogP contribution is -2.42. The molecular formula is C26H24FN5O. The van der Waals surface area contributed by atoms with Crippen LogP contribution >= 0.6 is 0 Å². The van der Waals surface area contributed by atoms with Crippen LogP contribution in [0.2, 0.25) is 0 Å². The second-order valence-electron chi connectivity index (χ2n) is 8.17. The molecule has 7 heteroatoms. The Morgan fingerprint density at radius 3 is 2.55 bits per heavy atom. The van der Waals surface area contributed by atoms with Gasteiger partial charge in [0.25, 0.3) is 0 Å². The minimum atomic E-state index is -0.873. The van der Waals surface area contributed by atoms with Gasteiger partial charge in [-0.25, -0.2) is 4.39 Å². The molecule has 3 N–H and O–H groups in total. The number of aromatic nitrogens is 3. The molecule has 0 bridgehead atoms. The maximum Gasteiger partial charge on any atom is 0.228 e. The molecule has 33 heavy (non-hydrogen) atoms. The highest BCUT2D eigenvalue weighted by Crippen LogP contribution is 2.46. The Hall–Kier alpha value is -3.68. The van der Waals surface area contributed by atoms with Crippen LogP contribution in [-0.4, -0.2) is 21.8 Å². The summed E-state index contributed by atoms with van der Waals surface area (Å²) >= 11 is 0. The van der Waals surface area contributed by atoms with Crippen molar-refractivity contribution in [1.29, 1.82) is 0 Å². The molecule has 0 fully saturated rings. The van der Waals surface area contributed by atoms with Crippen molar-refractivity contribution in [2.24, 2.45) is 5.73 Å². The molecule has 0 saturated carbocycles. The third-order valence-corrected chi connectivity index (χ3v) is 6.16. The number of nitrogens with two attached hydrogens (primary N) is 1. The molecule has 166 valence electrons. The molecule has 3 heterocycles. The molecule has 6 nitrogen and oxygen atoms in total. The number of alkyl halides is 1. The van der Waals surface area contributed by atoms with E-state index in [0.717, 1.165) is 44.8 Å². The van der Waals surface area contributed by atoms with Gasteiger partial charge < -0.3 is 10.5 Å². The van der Waals surface area contributed by atoms with Crippen LogP contribution < -0.4 is 15.8 Å². The van der Waals surface area contributed by atoms with Gasteiger partial charge in [0.2, 0.25) is 6.86 Å². The first kappa shape index (κ1) is 21.2. The first-order chi connectivity index (χ1) is 16.0. The predicted octanol–water partition coefficient (Wildman–Crippen LogP) is 4.31. The minimum Gasteiger partial charge on any atom is -0.462 e. The molecule has 2 aromatic heterocycles. The largest absolute Gasteiger partial charge is 0.462 e. The second-order valence-corrected chi connectivity index (χ2v) is 8.17. The topological polar surface area (TPSA) is 86.0 Å². The molecular weight excluding hydrogens is 417 g/mol. The molecule has 1 aliphatic heterocycles. The highest BCUT2D eigenvalue weighted by atomic mass is 19.1. The Bertz CT molecular complexity index is 1290. The van der Waals surface area contributed by atoms with Gasteiger partial charge in [-0.05, 0) is 60.4 Å². The fourth-order valence-electron chi connectivity index (χ4n) is 4.82. The van der Waals surface area contributed by atoms with E-state index >= 15 is 0 Å². The van der Waals surface area contributed by atoms with E-state index < -0.39 is 18.6 Å². The maximum absolute atomic E-state index is 13.0. The summed E-state index contributed by atoms with van der Waals surface area (Å²) in [5, 5.41) is 3.61. The fourth-order valence-corrected chi connectivity index (χ4v) is 4.82. The molecule has 0 amide bonds. The summed E-state index contributed by atoms with van der Waals surface area (Å²) in [7, 11) is 0. The van der Waals surface area contributed by atoms with Crippen molar-refractivity contribution >= 4 is 0 Å². The van der Waals surface area contributed by atoms with Crippen molar-refractivity contribution in [3.05, 3.63) is 107 Å². The highest BCUT2D eigenvalue weighted by molar-refractivity contribution is 5.64. The Kier molecular flexibility index (Phi) is 5.36. The molecule has 2 aromatic carbocycles. The van der Waals surface area contributed by atoms with E-state index in [1.165, 1.54) is 0 Å². The lowest BCUT2D eigenvalue weighted by Gasteiger charge is -2.34. The summed E-state index contributed by atoms with van der Waals surface area (Å²) in [5.74, 6) is 0.554. The van der Waals surface area contributed by atoms with Crippen LogP contribution in [0.5, 0.6) is 5.75 Å². The van der Waals surface area contributed by atoms with Crippen molar-refractivity contribution in [1.82, 2.24) is 20.3 Å². The molecule has 4 aromatic rings. The van der Waals surface area contributed by atoms with E-state index in [4.69, 9.17) is 10.5 Å². The molecule has 0 aliphatic carbocycles. The van der Waals surface area contributed by atoms with Gasteiger partial charge in [-0.3, -0.25) is 20.3 Å². The molecule has 0 saturated heterocycles. The van der Waals surface area contributed by atoms with Gasteiger partial charge in [0, 0.05) is 29.7 Å². The second kappa shape index (κ2) is 8.35. The standard InChI is InChI=1S/C26H24FN5O/c1-16-11-20(12-17(2)24(16)33-15-27)26(21-7-4-8-31-23(21)25(28)32-26)19-6-3-5-18(13-19)22-14-29-9-10-30-22/h3-14,25,32H,15,28H2,1-2H3. The minimum absolute atomic E-state index is 0.455. The van der Waals surface area contributed by atoms with Gasteiger partial charge in [0.15, 0.2) is 0 Å². The Morgan fingerprint density at radius 2 is 1.82 bits per heavy atom. The molecule has 1 aliphatic rings. The first-order valence-electron chi connectivity index (χ1n) is 10.7. The zero-order valence-corrected chi connectivity index (χ0v) is 18.4. The van der Waals surface area contributed by atoms with Crippen LogP contribution in [0.1, 0.15) is 39.7 Å². The number of ether oxygens (including phenoxy) is 1. The number of fused-ring (bicyclic) bond motifs is 1. The number of hydrogen-bond donors (Lipinski definition) is 2. The van der Waals surface area contributed by atoms with Crippen molar-refractivity contribution in [3.63, 3.8) is 0 Å². The number of nitrogens with zero attached hydrogens (tertiary/aromatic N) is 3. The number of pyridine rings is 1. The van der Waals surface area contributed by atoms with Crippen LogP contribution in [-0.2, 0) is 5.54 Å². The van der Waals surface area contributed by atoms with Crippen LogP contribution in [0, 0.1) is 13.8 Å². The van der Waals surface area contributed by atoms with Crippen LogP contribution in [0.25, 0.3) is 11.3 Å². The quantitative estimate of drug-likeness (QED) is 0.480. The predicted molar refractivity (Wildman–Crippen MR) is 124 cm³/mol. The van der Waals surface area contributed by atoms with Gasteiger partial charge in [-0.15, -0.1) is 0 Å². The highest BCUT2D eigenvalue weighted by Gasteiger charge is 2.46. The Labute approximate surface area is 191 Å². The summed E-state index contributed by atoms with van der Waals surface area (Å²) in [5.41, 5.74) is 12.9. The summed E-state index contributed by atoms with van der Waals surface area (Å²) < 4.78 is 18.2. The van der Waals surface area contributed by atoms with E-state index in [1.54, 1.807) is 24.8 Å². The zero-order chi connectivity index (χ0) is 23.0. The third kappa shape index (κ3) is 3.46. The number of nitrogens with one attached hydrogen (secondary N) is 1. The van der Waals surface area contributed by atoms with Gasteiger partial charge in [-0.1, -0.05) is 24.3 Å².